The maximum atomic E-state index is 11.0. The van der Waals surface area contributed by atoms with Gasteiger partial charge in [0.1, 0.15) is 19.3 Å². The third-order valence-electron chi connectivity index (χ3n) is 1.87. The molecule has 108 valence electrons. The minimum atomic E-state index is -0.930. The summed E-state index contributed by atoms with van der Waals surface area (Å²) in [5, 5.41) is 9.42. The van der Waals surface area contributed by atoms with E-state index in [0.29, 0.717) is 5.57 Å². The molecule has 0 aromatic heterocycles. The highest BCUT2D eigenvalue weighted by Crippen LogP contribution is 1.95. The van der Waals surface area contributed by atoms with Crippen molar-refractivity contribution in [2.45, 2.75) is 20.0 Å². The third kappa shape index (κ3) is 8.98. The van der Waals surface area contributed by atoms with Gasteiger partial charge in [-0.3, -0.25) is 0 Å². The summed E-state index contributed by atoms with van der Waals surface area (Å²) in [5.41, 5.74) is 0.576. The Balaban J connectivity index is 3.56. The van der Waals surface area contributed by atoms with Crippen LogP contribution in [0.3, 0.4) is 0 Å². The van der Waals surface area contributed by atoms with Crippen molar-refractivity contribution in [2.75, 3.05) is 26.4 Å². The van der Waals surface area contributed by atoms with Crippen molar-refractivity contribution in [3.63, 3.8) is 0 Å². The molecule has 0 saturated carbocycles. The van der Waals surface area contributed by atoms with Gasteiger partial charge in [0.15, 0.2) is 0 Å². The van der Waals surface area contributed by atoms with Crippen LogP contribution in [0, 0.1) is 0 Å². The highest BCUT2D eigenvalue weighted by Gasteiger charge is 2.09. The van der Waals surface area contributed by atoms with E-state index < -0.39 is 18.0 Å². The molecular weight excluding hydrogens is 252 g/mol. The van der Waals surface area contributed by atoms with Gasteiger partial charge in [-0.2, -0.15) is 0 Å². The first-order chi connectivity index (χ1) is 8.84. The molecule has 0 aliphatic rings. The van der Waals surface area contributed by atoms with Gasteiger partial charge in [-0.1, -0.05) is 13.2 Å². The lowest BCUT2D eigenvalue weighted by Crippen LogP contribution is -2.25. The van der Waals surface area contributed by atoms with Crippen LogP contribution in [0.5, 0.6) is 0 Å². The number of hydrogen-bond acceptors (Lipinski definition) is 6. The zero-order valence-electron chi connectivity index (χ0n) is 11.3. The van der Waals surface area contributed by atoms with Crippen molar-refractivity contribution in [1.82, 2.24) is 0 Å². The molecule has 1 unspecified atom stereocenters. The van der Waals surface area contributed by atoms with E-state index in [0.717, 1.165) is 0 Å². The van der Waals surface area contributed by atoms with Crippen molar-refractivity contribution in [1.29, 1.82) is 0 Å². The van der Waals surface area contributed by atoms with E-state index in [1.54, 1.807) is 6.92 Å². The summed E-state index contributed by atoms with van der Waals surface area (Å²) in [5.74, 6) is -1.05. The SMILES string of the molecule is C=C(C)C(=O)OCCOCC(O)COC(=O)C(=C)C. The molecule has 0 aromatic carbocycles. The van der Waals surface area contributed by atoms with Crippen LogP contribution in [0.15, 0.2) is 24.3 Å². The van der Waals surface area contributed by atoms with Gasteiger partial charge >= 0.3 is 11.9 Å². The topological polar surface area (TPSA) is 82.1 Å². The van der Waals surface area contributed by atoms with E-state index >= 15 is 0 Å². The van der Waals surface area contributed by atoms with E-state index in [-0.39, 0.29) is 32.0 Å². The Bertz CT molecular complexity index is 347. The van der Waals surface area contributed by atoms with Gasteiger partial charge in [-0.05, 0) is 13.8 Å². The summed E-state index contributed by atoms with van der Waals surface area (Å²) in [6.07, 6.45) is -0.930. The van der Waals surface area contributed by atoms with Crippen molar-refractivity contribution in [2.24, 2.45) is 0 Å². The number of esters is 2. The largest absolute Gasteiger partial charge is 0.460 e. The lowest BCUT2D eigenvalue weighted by Gasteiger charge is -2.12. The van der Waals surface area contributed by atoms with Crippen LogP contribution >= 0.6 is 0 Å². The monoisotopic (exact) mass is 272 g/mol. The molecule has 1 atom stereocenters. The number of aliphatic hydroxyl groups is 1. The molecule has 0 saturated heterocycles. The number of ether oxygens (including phenoxy) is 3. The Kier molecular flexibility index (Phi) is 8.48. The molecule has 0 radical (unpaired) electrons. The van der Waals surface area contributed by atoms with Crippen molar-refractivity contribution in [3.8, 4) is 0 Å². The molecule has 0 bridgehead atoms. The summed E-state index contributed by atoms with van der Waals surface area (Å²) in [7, 11) is 0. The second-order valence-electron chi connectivity index (χ2n) is 4.02. The van der Waals surface area contributed by atoms with Crippen LogP contribution in [-0.2, 0) is 23.8 Å². The fourth-order valence-corrected chi connectivity index (χ4v) is 0.879. The average molecular weight is 272 g/mol. The first kappa shape index (κ1) is 17.3. The summed E-state index contributed by atoms with van der Waals surface area (Å²) in [6.45, 7) is 9.92. The molecule has 0 aliphatic heterocycles. The number of carbonyl (C=O) groups excluding carboxylic acids is 2. The Morgan fingerprint density at radius 3 is 2.05 bits per heavy atom. The zero-order valence-corrected chi connectivity index (χ0v) is 11.3. The lowest BCUT2D eigenvalue weighted by molar-refractivity contribution is -0.145. The Morgan fingerprint density at radius 1 is 1.00 bits per heavy atom. The molecule has 19 heavy (non-hydrogen) atoms. The first-order valence-corrected chi connectivity index (χ1v) is 5.75. The van der Waals surface area contributed by atoms with E-state index in [9.17, 15) is 14.7 Å². The number of hydrogen-bond donors (Lipinski definition) is 1. The molecular formula is C13H20O6. The fraction of sp³-hybridized carbons (Fsp3) is 0.538. The highest BCUT2D eigenvalue weighted by molar-refractivity contribution is 5.87. The number of rotatable bonds is 9. The van der Waals surface area contributed by atoms with Gasteiger partial charge in [0.25, 0.3) is 0 Å². The van der Waals surface area contributed by atoms with Gasteiger partial charge in [0, 0.05) is 11.1 Å². The predicted octanol–water partition coefficient (Wildman–Crippen LogP) is 0.602. The normalized spacial score (nSPS) is 11.5. The maximum absolute atomic E-state index is 11.0. The molecule has 0 fully saturated rings. The molecule has 6 heteroatoms. The highest BCUT2D eigenvalue weighted by atomic mass is 16.6. The van der Waals surface area contributed by atoms with Crippen molar-refractivity contribution >= 4 is 11.9 Å². The van der Waals surface area contributed by atoms with E-state index in [2.05, 4.69) is 13.2 Å². The molecule has 0 aromatic rings. The smallest absolute Gasteiger partial charge is 0.333 e. The predicted molar refractivity (Wildman–Crippen MR) is 68.4 cm³/mol. The van der Waals surface area contributed by atoms with Gasteiger partial charge in [0.2, 0.25) is 0 Å². The van der Waals surface area contributed by atoms with Gasteiger partial charge in [-0.15, -0.1) is 0 Å². The van der Waals surface area contributed by atoms with E-state index in [4.69, 9.17) is 14.2 Å². The van der Waals surface area contributed by atoms with Gasteiger partial charge in [0.05, 0.1) is 13.2 Å². The molecule has 6 nitrogen and oxygen atoms in total. The van der Waals surface area contributed by atoms with E-state index in [1.165, 1.54) is 6.92 Å². The van der Waals surface area contributed by atoms with Crippen LogP contribution in [0.2, 0.25) is 0 Å². The summed E-state index contributed by atoms with van der Waals surface area (Å²) < 4.78 is 14.5. The van der Waals surface area contributed by atoms with Crippen LogP contribution in [0.25, 0.3) is 0 Å². The van der Waals surface area contributed by atoms with Gasteiger partial charge in [-0.25, -0.2) is 9.59 Å². The minimum Gasteiger partial charge on any atom is -0.460 e. The fourth-order valence-electron chi connectivity index (χ4n) is 0.879. The maximum Gasteiger partial charge on any atom is 0.333 e. The van der Waals surface area contributed by atoms with Crippen LogP contribution in [0.1, 0.15) is 13.8 Å². The van der Waals surface area contributed by atoms with Crippen LogP contribution in [0.4, 0.5) is 0 Å². The second kappa shape index (κ2) is 9.29. The Hall–Kier alpha value is -1.66. The van der Waals surface area contributed by atoms with Crippen molar-refractivity contribution < 1.29 is 28.9 Å². The van der Waals surface area contributed by atoms with Gasteiger partial charge < -0.3 is 19.3 Å². The first-order valence-electron chi connectivity index (χ1n) is 5.75. The molecule has 0 amide bonds. The van der Waals surface area contributed by atoms with Crippen LogP contribution in [-0.4, -0.2) is 49.6 Å². The molecule has 1 N–H and O–H groups in total. The number of aliphatic hydroxyl groups excluding tert-OH is 1. The quantitative estimate of drug-likeness (QED) is 0.376. The Labute approximate surface area is 112 Å². The van der Waals surface area contributed by atoms with Crippen LogP contribution < -0.4 is 0 Å². The standard InChI is InChI=1S/C13H20O6/c1-9(2)12(15)18-6-5-17-7-11(14)8-19-13(16)10(3)4/h11,14H,1,3,5-8H2,2,4H3. The summed E-state index contributed by atoms with van der Waals surface area (Å²) in [4.78, 5) is 22.0. The molecule has 0 spiro atoms. The van der Waals surface area contributed by atoms with Crippen molar-refractivity contribution in [3.05, 3.63) is 24.3 Å². The number of carbonyl (C=O) groups is 2. The third-order valence-corrected chi connectivity index (χ3v) is 1.87. The minimum absolute atomic E-state index is 0.0197. The molecule has 0 heterocycles. The lowest BCUT2D eigenvalue weighted by atomic mass is 10.3. The second-order valence-corrected chi connectivity index (χ2v) is 4.02. The summed E-state index contributed by atoms with van der Waals surface area (Å²) >= 11 is 0. The van der Waals surface area contributed by atoms with E-state index in [1.807, 2.05) is 0 Å². The Morgan fingerprint density at radius 2 is 1.53 bits per heavy atom. The molecule has 0 rings (SSSR count). The average Bonchev–Trinajstić information content (AvgIpc) is 2.34. The summed E-state index contributed by atoms with van der Waals surface area (Å²) in [6, 6.07) is 0. The molecule has 0 aliphatic carbocycles. The zero-order chi connectivity index (χ0) is 14.8.